The number of carbonyl (C=O) groups excluding carboxylic acids is 2. The Hall–Kier alpha value is -2.70. The van der Waals surface area contributed by atoms with Crippen LogP contribution in [0.3, 0.4) is 0 Å². The minimum Gasteiger partial charge on any atom is -0.378 e. The van der Waals surface area contributed by atoms with Crippen molar-refractivity contribution in [2.24, 2.45) is 0 Å². The molecule has 0 bridgehead atoms. The second-order valence-electron chi connectivity index (χ2n) is 6.42. The van der Waals surface area contributed by atoms with Gasteiger partial charge in [-0.05, 0) is 36.8 Å². The molecular weight excluding hydrogens is 342 g/mol. The summed E-state index contributed by atoms with van der Waals surface area (Å²) in [5.74, 6) is -0.0659. The Balaban J connectivity index is 1.58. The van der Waals surface area contributed by atoms with Crippen molar-refractivity contribution < 1.29 is 14.3 Å². The van der Waals surface area contributed by atoms with Gasteiger partial charge in [0.1, 0.15) is 6.04 Å². The van der Waals surface area contributed by atoms with Crippen LogP contribution in [0.4, 0.5) is 11.4 Å². The Morgan fingerprint density at radius 1 is 1.15 bits per heavy atom. The first-order chi connectivity index (χ1) is 13.2. The van der Waals surface area contributed by atoms with Crippen LogP contribution in [0.25, 0.3) is 0 Å². The van der Waals surface area contributed by atoms with E-state index < -0.39 is 0 Å². The smallest absolute Gasteiger partial charge is 0.243 e. The first kappa shape index (κ1) is 19.1. The normalized spacial score (nSPS) is 16.6. The topological polar surface area (TPSA) is 70.7 Å². The van der Waals surface area contributed by atoms with E-state index in [1.807, 2.05) is 61.5 Å². The van der Waals surface area contributed by atoms with Crippen molar-refractivity contribution in [3.8, 4) is 0 Å². The number of para-hydroxylation sites is 1. The fourth-order valence-corrected chi connectivity index (χ4v) is 3.05. The third-order valence-electron chi connectivity index (χ3n) is 4.50. The molecule has 2 N–H and O–H groups in total. The largest absolute Gasteiger partial charge is 0.378 e. The van der Waals surface area contributed by atoms with E-state index in [9.17, 15) is 9.59 Å². The van der Waals surface area contributed by atoms with Crippen molar-refractivity contribution in [1.82, 2.24) is 5.32 Å². The van der Waals surface area contributed by atoms with Gasteiger partial charge in [0, 0.05) is 24.5 Å². The van der Waals surface area contributed by atoms with Gasteiger partial charge in [-0.2, -0.15) is 0 Å². The van der Waals surface area contributed by atoms with E-state index in [0.717, 1.165) is 11.3 Å². The fourth-order valence-electron chi connectivity index (χ4n) is 3.05. The zero-order valence-electron chi connectivity index (χ0n) is 15.5. The number of hydrogen-bond acceptors (Lipinski definition) is 4. The molecule has 6 heteroatoms. The van der Waals surface area contributed by atoms with Gasteiger partial charge in [-0.3, -0.25) is 9.59 Å². The van der Waals surface area contributed by atoms with Crippen LogP contribution in [-0.4, -0.2) is 44.2 Å². The van der Waals surface area contributed by atoms with Gasteiger partial charge in [0.15, 0.2) is 0 Å². The van der Waals surface area contributed by atoms with Gasteiger partial charge in [-0.15, -0.1) is 0 Å². The fraction of sp³-hybridized carbons (Fsp3) is 0.333. The predicted molar refractivity (Wildman–Crippen MR) is 106 cm³/mol. The highest BCUT2D eigenvalue weighted by Crippen LogP contribution is 2.16. The number of carbonyl (C=O) groups is 2. The van der Waals surface area contributed by atoms with E-state index in [-0.39, 0.29) is 17.9 Å². The number of likely N-dealkylation sites (N-methyl/N-ethyl adjacent to an activating group) is 1. The third-order valence-corrected chi connectivity index (χ3v) is 4.50. The number of amides is 2. The number of anilines is 2. The maximum atomic E-state index is 12.6. The molecule has 2 amide bonds. The number of rotatable bonds is 6. The molecule has 0 saturated carbocycles. The summed E-state index contributed by atoms with van der Waals surface area (Å²) < 4.78 is 5.31. The standard InChI is InChI=1S/C21H25N3O3/c1-2-24(18-6-4-3-5-7-18)20(25)14-16-8-10-17(11-9-16)23-21(26)19-15-27-13-12-22-19/h3-11,19,22H,2,12-15H2,1H3,(H,23,26). The predicted octanol–water partition coefficient (Wildman–Crippen LogP) is 2.21. The summed E-state index contributed by atoms with van der Waals surface area (Å²) in [6.07, 6.45) is 0.314. The third kappa shape index (κ3) is 5.15. The van der Waals surface area contributed by atoms with Crippen molar-refractivity contribution in [2.45, 2.75) is 19.4 Å². The van der Waals surface area contributed by atoms with Gasteiger partial charge >= 0.3 is 0 Å². The van der Waals surface area contributed by atoms with Crippen LogP contribution in [0, 0.1) is 0 Å². The lowest BCUT2D eigenvalue weighted by Crippen LogP contribution is -2.48. The number of benzene rings is 2. The molecule has 2 aromatic rings. The Morgan fingerprint density at radius 3 is 2.52 bits per heavy atom. The minimum atomic E-state index is -0.330. The SMILES string of the molecule is CCN(C(=O)Cc1ccc(NC(=O)C2COCCN2)cc1)c1ccccc1. The van der Waals surface area contributed by atoms with E-state index >= 15 is 0 Å². The van der Waals surface area contributed by atoms with E-state index in [1.54, 1.807) is 4.90 Å². The van der Waals surface area contributed by atoms with Crippen molar-refractivity contribution in [3.63, 3.8) is 0 Å². The van der Waals surface area contributed by atoms with E-state index in [2.05, 4.69) is 10.6 Å². The summed E-state index contributed by atoms with van der Waals surface area (Å²) in [6.45, 7) is 4.27. The molecule has 0 aliphatic carbocycles. The maximum absolute atomic E-state index is 12.6. The molecule has 1 atom stereocenters. The zero-order valence-corrected chi connectivity index (χ0v) is 15.5. The molecule has 27 heavy (non-hydrogen) atoms. The summed E-state index contributed by atoms with van der Waals surface area (Å²) in [5.41, 5.74) is 2.52. The van der Waals surface area contributed by atoms with Crippen LogP contribution < -0.4 is 15.5 Å². The van der Waals surface area contributed by atoms with Crippen molar-refractivity contribution in [1.29, 1.82) is 0 Å². The molecular formula is C21H25N3O3. The van der Waals surface area contributed by atoms with Gasteiger partial charge in [0.25, 0.3) is 0 Å². The van der Waals surface area contributed by atoms with Crippen molar-refractivity contribution in [3.05, 3.63) is 60.2 Å². The molecule has 142 valence electrons. The van der Waals surface area contributed by atoms with E-state index in [0.29, 0.717) is 38.4 Å². The van der Waals surface area contributed by atoms with Crippen LogP contribution in [0.15, 0.2) is 54.6 Å². The Kier molecular flexibility index (Phi) is 6.57. The average Bonchev–Trinajstić information content (AvgIpc) is 2.71. The summed E-state index contributed by atoms with van der Waals surface area (Å²) in [6, 6.07) is 16.7. The molecule has 1 saturated heterocycles. The molecule has 0 aromatic heterocycles. The van der Waals surface area contributed by atoms with E-state index in [1.165, 1.54) is 0 Å². The second kappa shape index (κ2) is 9.30. The summed E-state index contributed by atoms with van der Waals surface area (Å²) in [7, 11) is 0. The number of hydrogen-bond donors (Lipinski definition) is 2. The quantitative estimate of drug-likeness (QED) is 0.821. The monoisotopic (exact) mass is 367 g/mol. The Morgan fingerprint density at radius 2 is 1.89 bits per heavy atom. The highest BCUT2D eigenvalue weighted by atomic mass is 16.5. The van der Waals surface area contributed by atoms with Crippen LogP contribution in [0.5, 0.6) is 0 Å². The molecule has 3 rings (SSSR count). The van der Waals surface area contributed by atoms with Gasteiger partial charge in [0.2, 0.25) is 11.8 Å². The highest BCUT2D eigenvalue weighted by molar-refractivity contribution is 5.96. The minimum absolute atomic E-state index is 0.0454. The van der Waals surface area contributed by atoms with Gasteiger partial charge in [-0.1, -0.05) is 30.3 Å². The summed E-state index contributed by atoms with van der Waals surface area (Å²) in [4.78, 5) is 26.6. The van der Waals surface area contributed by atoms with Crippen molar-refractivity contribution >= 4 is 23.2 Å². The van der Waals surface area contributed by atoms with Gasteiger partial charge in [-0.25, -0.2) is 0 Å². The van der Waals surface area contributed by atoms with Gasteiger partial charge < -0.3 is 20.3 Å². The zero-order chi connectivity index (χ0) is 19.1. The summed E-state index contributed by atoms with van der Waals surface area (Å²) in [5, 5.41) is 6.00. The molecule has 1 fully saturated rings. The molecule has 0 radical (unpaired) electrons. The van der Waals surface area contributed by atoms with Crippen molar-refractivity contribution in [2.75, 3.05) is 36.5 Å². The molecule has 1 aliphatic heterocycles. The first-order valence-corrected chi connectivity index (χ1v) is 9.23. The molecule has 2 aromatic carbocycles. The number of morpholine rings is 1. The molecule has 6 nitrogen and oxygen atoms in total. The summed E-state index contributed by atoms with van der Waals surface area (Å²) >= 11 is 0. The maximum Gasteiger partial charge on any atom is 0.243 e. The Labute approximate surface area is 159 Å². The molecule has 1 heterocycles. The van der Waals surface area contributed by atoms with Crippen LogP contribution >= 0.6 is 0 Å². The van der Waals surface area contributed by atoms with E-state index in [4.69, 9.17) is 4.74 Å². The molecule has 1 aliphatic rings. The first-order valence-electron chi connectivity index (χ1n) is 9.23. The lowest BCUT2D eigenvalue weighted by Gasteiger charge is -2.23. The van der Waals surface area contributed by atoms with Crippen LogP contribution in [0.1, 0.15) is 12.5 Å². The second-order valence-corrected chi connectivity index (χ2v) is 6.42. The van der Waals surface area contributed by atoms with Crippen LogP contribution in [0.2, 0.25) is 0 Å². The lowest BCUT2D eigenvalue weighted by atomic mass is 10.1. The molecule has 1 unspecified atom stereocenters. The highest BCUT2D eigenvalue weighted by Gasteiger charge is 2.21. The van der Waals surface area contributed by atoms with Gasteiger partial charge in [0.05, 0.1) is 19.6 Å². The molecule has 0 spiro atoms. The van der Waals surface area contributed by atoms with Crippen LogP contribution in [-0.2, 0) is 20.7 Å². The Bertz CT molecular complexity index is 756. The number of ether oxygens (including phenoxy) is 1. The number of nitrogens with one attached hydrogen (secondary N) is 2. The number of nitrogens with zero attached hydrogens (tertiary/aromatic N) is 1. The lowest BCUT2D eigenvalue weighted by molar-refractivity contribution is -0.121. The average molecular weight is 367 g/mol.